The molecule has 0 spiro atoms. The van der Waals surface area contributed by atoms with Crippen molar-refractivity contribution in [1.82, 2.24) is 5.16 Å². The van der Waals surface area contributed by atoms with E-state index in [-0.39, 0.29) is 11.8 Å². The minimum atomic E-state index is -0.328. The second kappa shape index (κ2) is 6.17. The van der Waals surface area contributed by atoms with Gasteiger partial charge in [-0.2, -0.15) is 0 Å². The largest absolute Gasteiger partial charge is 0.493 e. The van der Waals surface area contributed by atoms with Gasteiger partial charge in [0.1, 0.15) is 5.75 Å². The number of hydrogen-bond acceptors (Lipinski definition) is 5. The predicted molar refractivity (Wildman–Crippen MR) is 79.8 cm³/mol. The standard InChI is InChI=1S/C16H14N2O4/c1-2-20-13-7-4-3-6-11(13)16(19)17-15-10-12(18-22-15)14-8-5-9-21-14/h3-10H,2H2,1H3,(H,17,19). The lowest BCUT2D eigenvalue weighted by atomic mass is 10.2. The number of furan rings is 1. The summed E-state index contributed by atoms with van der Waals surface area (Å²) >= 11 is 0. The molecule has 3 aromatic rings. The fourth-order valence-corrected chi connectivity index (χ4v) is 1.99. The van der Waals surface area contributed by atoms with Crippen LogP contribution in [0.4, 0.5) is 5.88 Å². The third-order valence-corrected chi connectivity index (χ3v) is 2.95. The third-order valence-electron chi connectivity index (χ3n) is 2.95. The number of benzene rings is 1. The molecule has 6 heteroatoms. The molecule has 3 rings (SSSR count). The summed E-state index contributed by atoms with van der Waals surface area (Å²) in [6.07, 6.45) is 1.54. The molecule has 0 atom stereocenters. The van der Waals surface area contributed by atoms with E-state index in [9.17, 15) is 4.79 Å². The summed E-state index contributed by atoms with van der Waals surface area (Å²) in [6.45, 7) is 2.34. The van der Waals surface area contributed by atoms with E-state index in [2.05, 4.69) is 10.5 Å². The lowest BCUT2D eigenvalue weighted by Crippen LogP contribution is -2.13. The summed E-state index contributed by atoms with van der Waals surface area (Å²) in [4.78, 5) is 12.3. The van der Waals surface area contributed by atoms with Crippen LogP contribution in [0.5, 0.6) is 5.75 Å². The second-order valence-electron chi connectivity index (χ2n) is 4.44. The molecule has 0 bridgehead atoms. The first-order valence-corrected chi connectivity index (χ1v) is 6.81. The summed E-state index contributed by atoms with van der Waals surface area (Å²) in [7, 11) is 0. The van der Waals surface area contributed by atoms with Crippen LogP contribution in [0.15, 0.2) is 57.7 Å². The summed E-state index contributed by atoms with van der Waals surface area (Å²) in [5.74, 6) is 1.00. The monoisotopic (exact) mass is 298 g/mol. The highest BCUT2D eigenvalue weighted by molar-refractivity contribution is 6.05. The summed E-state index contributed by atoms with van der Waals surface area (Å²) in [5, 5.41) is 6.50. The van der Waals surface area contributed by atoms with Crippen molar-refractivity contribution in [3.63, 3.8) is 0 Å². The normalized spacial score (nSPS) is 10.4. The van der Waals surface area contributed by atoms with Crippen molar-refractivity contribution in [3.05, 3.63) is 54.3 Å². The Labute approximate surface area is 126 Å². The number of aromatic nitrogens is 1. The molecule has 1 aromatic carbocycles. The van der Waals surface area contributed by atoms with E-state index in [4.69, 9.17) is 13.7 Å². The second-order valence-corrected chi connectivity index (χ2v) is 4.44. The van der Waals surface area contributed by atoms with Crippen molar-refractivity contribution >= 4 is 11.8 Å². The van der Waals surface area contributed by atoms with Gasteiger partial charge in [0, 0.05) is 6.07 Å². The minimum Gasteiger partial charge on any atom is -0.493 e. The van der Waals surface area contributed by atoms with E-state index in [1.54, 1.807) is 42.7 Å². The Morgan fingerprint density at radius 2 is 2.14 bits per heavy atom. The number of ether oxygens (including phenoxy) is 1. The van der Waals surface area contributed by atoms with Crippen LogP contribution in [0.3, 0.4) is 0 Å². The maximum Gasteiger partial charge on any atom is 0.261 e. The number of rotatable bonds is 5. The molecule has 0 unspecified atom stereocenters. The van der Waals surface area contributed by atoms with Crippen molar-refractivity contribution in [2.24, 2.45) is 0 Å². The Morgan fingerprint density at radius 1 is 1.27 bits per heavy atom. The SMILES string of the molecule is CCOc1ccccc1C(=O)Nc1cc(-c2ccco2)no1. The van der Waals surface area contributed by atoms with Crippen LogP contribution in [0, 0.1) is 0 Å². The lowest BCUT2D eigenvalue weighted by Gasteiger charge is -2.08. The van der Waals surface area contributed by atoms with Gasteiger partial charge in [-0.25, -0.2) is 0 Å². The van der Waals surface area contributed by atoms with E-state index >= 15 is 0 Å². The quantitative estimate of drug-likeness (QED) is 0.779. The van der Waals surface area contributed by atoms with Crippen LogP contribution < -0.4 is 10.1 Å². The van der Waals surface area contributed by atoms with E-state index in [1.165, 1.54) is 0 Å². The van der Waals surface area contributed by atoms with Crippen molar-refractivity contribution < 1.29 is 18.5 Å². The number of para-hydroxylation sites is 1. The van der Waals surface area contributed by atoms with Gasteiger partial charge in [-0.3, -0.25) is 10.1 Å². The molecule has 0 saturated carbocycles. The summed E-state index contributed by atoms with van der Waals surface area (Å²) < 4.78 is 15.8. The van der Waals surface area contributed by atoms with Gasteiger partial charge in [0.2, 0.25) is 5.88 Å². The third kappa shape index (κ3) is 2.85. The highest BCUT2D eigenvalue weighted by Crippen LogP contribution is 2.24. The van der Waals surface area contributed by atoms with Gasteiger partial charge in [-0.15, -0.1) is 0 Å². The molecule has 0 aliphatic carbocycles. The zero-order valence-electron chi connectivity index (χ0n) is 11.9. The van der Waals surface area contributed by atoms with Gasteiger partial charge in [0.25, 0.3) is 5.91 Å². The topological polar surface area (TPSA) is 77.5 Å². The first-order valence-electron chi connectivity index (χ1n) is 6.81. The van der Waals surface area contributed by atoms with E-state index in [0.717, 1.165) is 0 Å². The van der Waals surface area contributed by atoms with Gasteiger partial charge in [0.05, 0.1) is 18.4 Å². The lowest BCUT2D eigenvalue weighted by molar-refractivity contribution is 0.102. The van der Waals surface area contributed by atoms with E-state index in [1.807, 2.05) is 13.0 Å². The Hall–Kier alpha value is -3.02. The smallest absolute Gasteiger partial charge is 0.261 e. The Bertz CT molecular complexity index is 762. The van der Waals surface area contributed by atoms with Gasteiger partial charge in [0.15, 0.2) is 11.5 Å². The van der Waals surface area contributed by atoms with Gasteiger partial charge < -0.3 is 13.7 Å². The van der Waals surface area contributed by atoms with Gasteiger partial charge in [-0.1, -0.05) is 17.3 Å². The van der Waals surface area contributed by atoms with E-state index in [0.29, 0.717) is 29.4 Å². The number of nitrogens with zero attached hydrogens (tertiary/aromatic N) is 1. The zero-order valence-corrected chi connectivity index (χ0v) is 11.9. The number of anilines is 1. The number of amides is 1. The summed E-state index contributed by atoms with van der Waals surface area (Å²) in [5.41, 5.74) is 0.943. The first-order chi connectivity index (χ1) is 10.8. The molecule has 22 heavy (non-hydrogen) atoms. The first kappa shape index (κ1) is 13.9. The Kier molecular flexibility index (Phi) is 3.91. The molecule has 112 valence electrons. The molecule has 0 fully saturated rings. The van der Waals surface area contributed by atoms with Crippen LogP contribution in [0.1, 0.15) is 17.3 Å². The van der Waals surface area contributed by atoms with Crippen molar-refractivity contribution in [2.45, 2.75) is 6.92 Å². The fraction of sp³-hybridized carbons (Fsp3) is 0.125. The highest BCUT2D eigenvalue weighted by atomic mass is 16.5. The molecule has 6 nitrogen and oxygen atoms in total. The number of carbonyl (C=O) groups is 1. The molecule has 0 aliphatic rings. The van der Waals surface area contributed by atoms with Crippen LogP contribution in [0.25, 0.3) is 11.5 Å². The average Bonchev–Trinajstić information content (AvgIpc) is 3.19. The van der Waals surface area contributed by atoms with Crippen molar-refractivity contribution in [1.29, 1.82) is 0 Å². The maximum absolute atomic E-state index is 12.3. The minimum absolute atomic E-state index is 0.239. The van der Waals surface area contributed by atoms with Crippen molar-refractivity contribution in [3.8, 4) is 17.2 Å². The molecule has 2 heterocycles. The molecule has 0 saturated heterocycles. The predicted octanol–water partition coefficient (Wildman–Crippen LogP) is 3.59. The average molecular weight is 298 g/mol. The Morgan fingerprint density at radius 3 is 2.91 bits per heavy atom. The fourth-order valence-electron chi connectivity index (χ4n) is 1.99. The molecule has 0 radical (unpaired) electrons. The summed E-state index contributed by atoms with van der Waals surface area (Å²) in [6, 6.07) is 12.1. The van der Waals surface area contributed by atoms with Crippen LogP contribution in [-0.4, -0.2) is 17.7 Å². The number of nitrogens with one attached hydrogen (secondary N) is 1. The van der Waals surface area contributed by atoms with E-state index < -0.39 is 0 Å². The molecule has 0 aliphatic heterocycles. The maximum atomic E-state index is 12.3. The Balaban J connectivity index is 1.77. The van der Waals surface area contributed by atoms with Gasteiger partial charge >= 0.3 is 0 Å². The molecule has 2 aromatic heterocycles. The highest BCUT2D eigenvalue weighted by Gasteiger charge is 2.15. The number of carbonyl (C=O) groups excluding carboxylic acids is 1. The molecular weight excluding hydrogens is 284 g/mol. The van der Waals surface area contributed by atoms with Gasteiger partial charge in [-0.05, 0) is 31.2 Å². The zero-order chi connectivity index (χ0) is 15.4. The molecular formula is C16H14N2O4. The van der Waals surface area contributed by atoms with Crippen LogP contribution in [-0.2, 0) is 0 Å². The van der Waals surface area contributed by atoms with Crippen molar-refractivity contribution in [2.75, 3.05) is 11.9 Å². The molecule has 1 N–H and O–H groups in total. The van der Waals surface area contributed by atoms with Crippen LogP contribution >= 0.6 is 0 Å². The number of hydrogen-bond donors (Lipinski definition) is 1. The molecule has 1 amide bonds. The van der Waals surface area contributed by atoms with Crippen LogP contribution in [0.2, 0.25) is 0 Å².